The van der Waals surface area contributed by atoms with Crippen LogP contribution in [0.25, 0.3) is 0 Å². The molecule has 0 fully saturated rings. The first-order chi connectivity index (χ1) is 8.13. The second-order valence-corrected chi connectivity index (χ2v) is 4.67. The van der Waals surface area contributed by atoms with Crippen molar-refractivity contribution < 1.29 is 14.3 Å². The topological polar surface area (TPSA) is 46.6 Å². The Labute approximate surface area is 105 Å². The second-order valence-electron chi connectivity index (χ2n) is 3.63. The van der Waals surface area contributed by atoms with Crippen molar-refractivity contribution in [3.8, 4) is 0 Å². The van der Waals surface area contributed by atoms with Crippen molar-refractivity contribution >= 4 is 23.2 Å². The zero-order valence-electron chi connectivity index (χ0n) is 10.1. The van der Waals surface area contributed by atoms with Crippen LogP contribution in [0.2, 0.25) is 0 Å². The van der Waals surface area contributed by atoms with Crippen LogP contribution in [0.5, 0.6) is 0 Å². The first kappa shape index (κ1) is 13.7. The van der Waals surface area contributed by atoms with E-state index in [1.807, 2.05) is 17.5 Å². The summed E-state index contributed by atoms with van der Waals surface area (Å²) in [6.45, 7) is 2.11. The minimum atomic E-state index is -0.362. The zero-order valence-corrected chi connectivity index (χ0v) is 11.0. The van der Waals surface area contributed by atoms with Crippen LogP contribution in [0.15, 0.2) is 17.5 Å². The fourth-order valence-corrected chi connectivity index (χ4v) is 2.07. The summed E-state index contributed by atoms with van der Waals surface area (Å²) in [5.74, 6) is -0.397. The van der Waals surface area contributed by atoms with E-state index in [1.54, 1.807) is 25.3 Å². The lowest BCUT2D eigenvalue weighted by Crippen LogP contribution is -2.33. The summed E-state index contributed by atoms with van der Waals surface area (Å²) in [6, 6.07) is 3.97. The van der Waals surface area contributed by atoms with Gasteiger partial charge in [0.05, 0.1) is 6.61 Å². The highest BCUT2D eigenvalue weighted by atomic mass is 32.1. The lowest BCUT2D eigenvalue weighted by Gasteiger charge is -2.15. The molecule has 0 aliphatic heterocycles. The molecule has 0 saturated carbocycles. The number of nitrogens with zero attached hydrogens (tertiary/aromatic N) is 1. The van der Waals surface area contributed by atoms with Gasteiger partial charge in [-0.25, -0.2) is 0 Å². The minimum absolute atomic E-state index is 0.0249. The molecule has 1 rings (SSSR count). The van der Waals surface area contributed by atoms with Gasteiger partial charge in [0.2, 0.25) is 5.91 Å². The van der Waals surface area contributed by atoms with Crippen LogP contribution in [0.3, 0.4) is 0 Å². The van der Waals surface area contributed by atoms with Gasteiger partial charge < -0.3 is 9.64 Å². The molecule has 94 valence electrons. The molecule has 1 heterocycles. The van der Waals surface area contributed by atoms with Crippen molar-refractivity contribution in [2.45, 2.75) is 19.8 Å². The molecule has 0 bridgehead atoms. The van der Waals surface area contributed by atoms with Gasteiger partial charge in [-0.05, 0) is 24.8 Å². The van der Waals surface area contributed by atoms with Crippen LogP contribution < -0.4 is 0 Å². The third-order valence-electron chi connectivity index (χ3n) is 2.26. The number of thiophene rings is 1. The van der Waals surface area contributed by atoms with Crippen LogP contribution in [-0.4, -0.2) is 37.0 Å². The lowest BCUT2D eigenvalue weighted by molar-refractivity contribution is -0.148. The third kappa shape index (κ3) is 4.99. The summed E-state index contributed by atoms with van der Waals surface area (Å²) < 4.78 is 4.78. The number of rotatable bonds is 6. The number of carbonyl (C=O) groups is 2. The number of ether oxygens (including phenoxy) is 1. The van der Waals surface area contributed by atoms with Gasteiger partial charge in [-0.1, -0.05) is 6.07 Å². The number of likely N-dealkylation sites (N-methyl/N-ethyl adjacent to an activating group) is 1. The van der Waals surface area contributed by atoms with E-state index in [0.717, 1.165) is 6.42 Å². The molecule has 0 N–H and O–H groups in total. The van der Waals surface area contributed by atoms with E-state index in [2.05, 4.69) is 0 Å². The van der Waals surface area contributed by atoms with E-state index in [0.29, 0.717) is 13.0 Å². The molecule has 0 unspecified atom stereocenters. The maximum absolute atomic E-state index is 11.7. The predicted octanol–water partition coefficient (Wildman–Crippen LogP) is 1.70. The van der Waals surface area contributed by atoms with Crippen LogP contribution in [0.1, 0.15) is 18.2 Å². The zero-order chi connectivity index (χ0) is 12.7. The molecule has 4 nitrogen and oxygen atoms in total. The molecule has 0 atom stereocenters. The second kappa shape index (κ2) is 7.06. The molecule has 1 aromatic rings. The summed E-state index contributed by atoms with van der Waals surface area (Å²) in [4.78, 5) is 25.5. The molecule has 1 aromatic heterocycles. The van der Waals surface area contributed by atoms with E-state index >= 15 is 0 Å². The maximum atomic E-state index is 11.7. The Balaban J connectivity index is 2.29. The molecular formula is C12H17NO3S. The Bertz CT molecular complexity index is 362. The molecule has 0 radical (unpaired) electrons. The summed E-state index contributed by atoms with van der Waals surface area (Å²) in [6.07, 6.45) is 1.15. The number of hydrogen-bond donors (Lipinski definition) is 0. The summed E-state index contributed by atoms with van der Waals surface area (Å²) in [7, 11) is 1.62. The fourth-order valence-electron chi connectivity index (χ4n) is 1.36. The highest BCUT2D eigenvalue weighted by Crippen LogP contribution is 2.11. The van der Waals surface area contributed by atoms with Crippen molar-refractivity contribution in [2.24, 2.45) is 0 Å². The number of hydrogen-bond acceptors (Lipinski definition) is 4. The Kier molecular flexibility index (Phi) is 5.69. The maximum Gasteiger partial charge on any atom is 0.325 e. The first-order valence-electron chi connectivity index (χ1n) is 5.55. The monoisotopic (exact) mass is 255 g/mol. The van der Waals surface area contributed by atoms with Crippen molar-refractivity contribution in [2.75, 3.05) is 20.2 Å². The van der Waals surface area contributed by atoms with Crippen molar-refractivity contribution in [3.63, 3.8) is 0 Å². The predicted molar refractivity (Wildman–Crippen MR) is 66.9 cm³/mol. The molecule has 5 heteroatoms. The molecule has 0 spiro atoms. The van der Waals surface area contributed by atoms with Gasteiger partial charge in [-0.3, -0.25) is 9.59 Å². The number of aryl methyl sites for hydroxylation is 1. The molecule has 0 aliphatic rings. The average Bonchev–Trinajstić information content (AvgIpc) is 2.78. The Morgan fingerprint density at radius 3 is 2.82 bits per heavy atom. The average molecular weight is 255 g/mol. The van der Waals surface area contributed by atoms with E-state index in [4.69, 9.17) is 4.74 Å². The van der Waals surface area contributed by atoms with Crippen LogP contribution in [0.4, 0.5) is 0 Å². The number of carbonyl (C=O) groups excluding carboxylic acids is 2. The normalized spacial score (nSPS) is 10.0. The van der Waals surface area contributed by atoms with Gasteiger partial charge >= 0.3 is 5.97 Å². The third-order valence-corrected chi connectivity index (χ3v) is 3.20. The standard InChI is InChI=1S/C12H17NO3S/c1-3-16-12(15)9-13(2)11(14)7-6-10-5-4-8-17-10/h4-5,8H,3,6-7,9H2,1-2H3. The Hall–Kier alpha value is -1.36. The van der Waals surface area contributed by atoms with Crippen molar-refractivity contribution in [1.29, 1.82) is 0 Å². The minimum Gasteiger partial charge on any atom is -0.465 e. The molecule has 0 aromatic carbocycles. The van der Waals surface area contributed by atoms with Gasteiger partial charge in [-0.15, -0.1) is 11.3 Å². The van der Waals surface area contributed by atoms with Gasteiger partial charge in [-0.2, -0.15) is 0 Å². The molecule has 17 heavy (non-hydrogen) atoms. The van der Waals surface area contributed by atoms with Gasteiger partial charge in [0, 0.05) is 18.3 Å². The molecule has 0 aliphatic carbocycles. The Morgan fingerprint density at radius 1 is 1.47 bits per heavy atom. The summed E-state index contributed by atoms with van der Waals surface area (Å²) >= 11 is 1.64. The van der Waals surface area contributed by atoms with Gasteiger partial charge in [0.15, 0.2) is 0 Å². The van der Waals surface area contributed by atoms with Gasteiger partial charge in [0.1, 0.15) is 6.54 Å². The molecule has 1 amide bonds. The fraction of sp³-hybridized carbons (Fsp3) is 0.500. The van der Waals surface area contributed by atoms with E-state index in [-0.39, 0.29) is 18.4 Å². The largest absolute Gasteiger partial charge is 0.465 e. The van der Waals surface area contributed by atoms with Crippen molar-refractivity contribution in [3.05, 3.63) is 22.4 Å². The Morgan fingerprint density at radius 2 is 2.24 bits per heavy atom. The highest BCUT2D eigenvalue weighted by Gasteiger charge is 2.13. The molecular weight excluding hydrogens is 238 g/mol. The summed E-state index contributed by atoms with van der Waals surface area (Å²) in [5.41, 5.74) is 0. The van der Waals surface area contributed by atoms with Crippen molar-refractivity contribution in [1.82, 2.24) is 4.90 Å². The quantitative estimate of drug-likeness (QED) is 0.727. The molecule has 0 saturated heterocycles. The van der Waals surface area contributed by atoms with Crippen LogP contribution in [-0.2, 0) is 20.7 Å². The number of amides is 1. The van der Waals surface area contributed by atoms with E-state index in [1.165, 1.54) is 9.78 Å². The van der Waals surface area contributed by atoms with E-state index in [9.17, 15) is 9.59 Å². The van der Waals surface area contributed by atoms with E-state index < -0.39 is 0 Å². The lowest BCUT2D eigenvalue weighted by atomic mass is 10.2. The smallest absolute Gasteiger partial charge is 0.325 e. The van der Waals surface area contributed by atoms with Crippen LogP contribution >= 0.6 is 11.3 Å². The van der Waals surface area contributed by atoms with Crippen LogP contribution in [0, 0.1) is 0 Å². The first-order valence-corrected chi connectivity index (χ1v) is 6.43. The SMILES string of the molecule is CCOC(=O)CN(C)C(=O)CCc1cccs1. The highest BCUT2D eigenvalue weighted by molar-refractivity contribution is 7.09. The summed E-state index contributed by atoms with van der Waals surface area (Å²) in [5, 5.41) is 1.99. The van der Waals surface area contributed by atoms with Gasteiger partial charge in [0.25, 0.3) is 0 Å². The number of esters is 1.